The van der Waals surface area contributed by atoms with Crippen LogP contribution in [-0.2, 0) is 14.8 Å². The zero-order valence-corrected chi connectivity index (χ0v) is 18.1. The van der Waals surface area contributed by atoms with Crippen molar-refractivity contribution in [2.75, 3.05) is 20.7 Å². The average molecular weight is 456 g/mol. The zero-order valence-electron chi connectivity index (χ0n) is 17.3. The number of likely N-dealkylation sites (N-methyl/N-ethyl adjacent to an activating group) is 1. The second-order valence-corrected chi connectivity index (χ2v) is 8.80. The number of sulfonamides is 1. The van der Waals surface area contributed by atoms with E-state index >= 15 is 0 Å². The molecule has 0 radical (unpaired) electrons. The molecule has 1 amide bonds. The van der Waals surface area contributed by atoms with E-state index < -0.39 is 27.4 Å². The van der Waals surface area contributed by atoms with Gasteiger partial charge in [-0.3, -0.25) is 14.9 Å². The number of ether oxygens (including phenoxy) is 1. The maximum absolute atomic E-state index is 12.8. The van der Waals surface area contributed by atoms with Gasteiger partial charge in [0, 0.05) is 18.7 Å². The second-order valence-electron chi connectivity index (χ2n) is 6.75. The first-order chi connectivity index (χ1) is 15.2. The molecule has 3 rings (SSSR count). The molecule has 0 atom stereocenters. The van der Waals surface area contributed by atoms with Crippen LogP contribution in [0.4, 0.5) is 5.69 Å². The average Bonchev–Trinajstić information content (AvgIpc) is 2.78. The van der Waals surface area contributed by atoms with E-state index in [1.807, 2.05) is 18.2 Å². The van der Waals surface area contributed by atoms with Gasteiger partial charge in [0.05, 0.1) is 29.7 Å². The fraction of sp³-hybridized carbons (Fsp3) is 0.143. The van der Waals surface area contributed by atoms with E-state index in [4.69, 9.17) is 4.74 Å². The summed E-state index contributed by atoms with van der Waals surface area (Å²) in [6.07, 6.45) is 1.21. The molecule has 0 saturated carbocycles. The summed E-state index contributed by atoms with van der Waals surface area (Å²) in [5.74, 6) is -0.576. The van der Waals surface area contributed by atoms with Crippen molar-refractivity contribution in [3.63, 3.8) is 0 Å². The van der Waals surface area contributed by atoms with Crippen LogP contribution in [0.25, 0.3) is 10.8 Å². The highest BCUT2D eigenvalue weighted by Crippen LogP contribution is 2.26. The van der Waals surface area contributed by atoms with Crippen molar-refractivity contribution in [2.24, 2.45) is 5.10 Å². The number of nitrogens with one attached hydrogen (secondary N) is 1. The number of carbonyl (C=O) groups excluding carboxylic acids is 1. The molecule has 0 aliphatic carbocycles. The van der Waals surface area contributed by atoms with E-state index in [0.29, 0.717) is 5.56 Å². The third kappa shape index (κ3) is 5.07. The lowest BCUT2D eigenvalue weighted by Gasteiger charge is -2.16. The lowest BCUT2D eigenvalue weighted by atomic mass is 10.1. The van der Waals surface area contributed by atoms with Gasteiger partial charge in [0.2, 0.25) is 10.0 Å². The molecular formula is C21H20N4O6S. The Kier molecular flexibility index (Phi) is 6.81. The third-order valence-corrected chi connectivity index (χ3v) is 6.40. The highest BCUT2D eigenvalue weighted by molar-refractivity contribution is 7.89. The molecule has 0 unspecified atom stereocenters. The van der Waals surface area contributed by atoms with Crippen molar-refractivity contribution in [1.29, 1.82) is 0 Å². The van der Waals surface area contributed by atoms with Crippen molar-refractivity contribution < 1.29 is 22.9 Å². The fourth-order valence-corrected chi connectivity index (χ4v) is 4.10. The van der Waals surface area contributed by atoms with Crippen LogP contribution in [0.2, 0.25) is 0 Å². The Morgan fingerprint density at radius 1 is 1.16 bits per heavy atom. The maximum atomic E-state index is 12.8. The van der Waals surface area contributed by atoms with E-state index in [1.165, 1.54) is 44.6 Å². The van der Waals surface area contributed by atoms with E-state index in [1.54, 1.807) is 18.2 Å². The van der Waals surface area contributed by atoms with Gasteiger partial charge in [-0.2, -0.15) is 9.41 Å². The molecule has 10 nitrogen and oxygen atoms in total. The van der Waals surface area contributed by atoms with Crippen LogP contribution in [0, 0.1) is 10.1 Å². The Balaban J connectivity index is 1.66. The molecule has 0 bridgehead atoms. The predicted octanol–water partition coefficient (Wildman–Crippen LogP) is 2.53. The van der Waals surface area contributed by atoms with Crippen molar-refractivity contribution >= 4 is 38.6 Å². The highest BCUT2D eigenvalue weighted by Gasteiger charge is 2.23. The van der Waals surface area contributed by atoms with Crippen LogP contribution in [-0.4, -0.2) is 50.5 Å². The number of benzene rings is 3. The normalized spacial score (nSPS) is 11.7. The molecule has 0 aliphatic heterocycles. The summed E-state index contributed by atoms with van der Waals surface area (Å²) in [5, 5.41) is 16.5. The van der Waals surface area contributed by atoms with E-state index in [0.717, 1.165) is 15.1 Å². The Morgan fingerprint density at radius 2 is 1.88 bits per heavy atom. The molecule has 0 aromatic heterocycles. The number of nitrogens with zero attached hydrogens (tertiary/aromatic N) is 3. The van der Waals surface area contributed by atoms with Gasteiger partial charge in [-0.15, -0.1) is 0 Å². The molecule has 0 heterocycles. The van der Waals surface area contributed by atoms with Crippen molar-refractivity contribution in [2.45, 2.75) is 4.90 Å². The number of hydrazone groups is 1. The molecule has 0 spiro atoms. The standard InChI is InChI=1S/C21H20N4O6S/c1-24(32(29,30)18-9-8-16-5-3-4-6-17(16)12-18)14-21(26)23-22-13-15-7-10-20(31-2)19(11-15)25(27)28/h3-13H,14H2,1-2H3,(H,23,26)/b22-13-. The summed E-state index contributed by atoms with van der Waals surface area (Å²) in [7, 11) is -1.28. The number of hydrogen-bond acceptors (Lipinski definition) is 7. The second kappa shape index (κ2) is 9.54. The maximum Gasteiger partial charge on any atom is 0.311 e. The topological polar surface area (TPSA) is 131 Å². The quantitative estimate of drug-likeness (QED) is 0.315. The van der Waals surface area contributed by atoms with Gasteiger partial charge in [0.15, 0.2) is 5.75 Å². The third-order valence-electron chi connectivity index (χ3n) is 4.60. The SMILES string of the molecule is COc1ccc(/C=N\NC(=O)CN(C)S(=O)(=O)c2ccc3ccccc3c2)cc1[N+](=O)[O-]. The minimum Gasteiger partial charge on any atom is -0.490 e. The summed E-state index contributed by atoms with van der Waals surface area (Å²) in [4.78, 5) is 22.7. The highest BCUT2D eigenvalue weighted by atomic mass is 32.2. The molecule has 3 aromatic carbocycles. The first-order valence-corrected chi connectivity index (χ1v) is 10.8. The summed E-state index contributed by atoms with van der Waals surface area (Å²) in [5.41, 5.74) is 2.33. The van der Waals surface area contributed by atoms with Crippen LogP contribution in [0.5, 0.6) is 5.75 Å². The molecule has 0 saturated heterocycles. The number of nitro benzene ring substituents is 1. The summed E-state index contributed by atoms with van der Waals surface area (Å²) in [6, 6.07) is 16.3. The van der Waals surface area contributed by atoms with Crippen LogP contribution >= 0.6 is 0 Å². The minimum atomic E-state index is -3.89. The van der Waals surface area contributed by atoms with Gasteiger partial charge in [-0.25, -0.2) is 13.8 Å². The van der Waals surface area contributed by atoms with E-state index in [9.17, 15) is 23.3 Å². The number of methoxy groups -OCH3 is 1. The summed E-state index contributed by atoms with van der Waals surface area (Å²) < 4.78 is 31.4. The lowest BCUT2D eigenvalue weighted by Crippen LogP contribution is -2.36. The molecule has 32 heavy (non-hydrogen) atoms. The Bertz CT molecular complexity index is 1310. The van der Waals surface area contributed by atoms with Gasteiger partial charge in [-0.1, -0.05) is 30.3 Å². The number of rotatable bonds is 8. The minimum absolute atomic E-state index is 0.0699. The summed E-state index contributed by atoms with van der Waals surface area (Å²) >= 11 is 0. The predicted molar refractivity (Wildman–Crippen MR) is 119 cm³/mol. The first kappa shape index (κ1) is 22.8. The Hall–Kier alpha value is -3.83. The van der Waals surface area contributed by atoms with E-state index in [-0.39, 0.29) is 16.3 Å². The number of fused-ring (bicyclic) bond motifs is 1. The molecule has 166 valence electrons. The number of amides is 1. The fourth-order valence-electron chi connectivity index (χ4n) is 2.94. The smallest absolute Gasteiger partial charge is 0.311 e. The largest absolute Gasteiger partial charge is 0.490 e. The molecular weight excluding hydrogens is 436 g/mol. The van der Waals surface area contributed by atoms with Crippen LogP contribution in [0.15, 0.2) is 70.7 Å². The molecule has 1 N–H and O–H groups in total. The lowest BCUT2D eigenvalue weighted by molar-refractivity contribution is -0.385. The first-order valence-electron chi connectivity index (χ1n) is 9.32. The van der Waals surface area contributed by atoms with Gasteiger partial charge < -0.3 is 4.74 Å². The van der Waals surface area contributed by atoms with Crippen LogP contribution in [0.1, 0.15) is 5.56 Å². The van der Waals surface area contributed by atoms with Gasteiger partial charge in [-0.05, 0) is 35.0 Å². The Labute approximate surface area is 184 Å². The summed E-state index contributed by atoms with van der Waals surface area (Å²) in [6.45, 7) is -0.463. The number of hydrogen-bond donors (Lipinski definition) is 1. The molecule has 0 fully saturated rings. The van der Waals surface area contributed by atoms with Gasteiger partial charge in [0.25, 0.3) is 5.91 Å². The van der Waals surface area contributed by atoms with Crippen LogP contribution < -0.4 is 10.2 Å². The molecule has 0 aliphatic rings. The zero-order chi connectivity index (χ0) is 23.3. The number of nitro groups is 1. The number of carbonyl (C=O) groups is 1. The van der Waals surface area contributed by atoms with Crippen molar-refractivity contribution in [3.8, 4) is 5.75 Å². The molecule has 3 aromatic rings. The monoisotopic (exact) mass is 456 g/mol. The van der Waals surface area contributed by atoms with Gasteiger partial charge in [0.1, 0.15) is 0 Å². The van der Waals surface area contributed by atoms with Gasteiger partial charge >= 0.3 is 5.69 Å². The van der Waals surface area contributed by atoms with Crippen molar-refractivity contribution in [3.05, 3.63) is 76.3 Å². The van der Waals surface area contributed by atoms with E-state index in [2.05, 4.69) is 10.5 Å². The van der Waals surface area contributed by atoms with Crippen molar-refractivity contribution in [1.82, 2.24) is 9.73 Å². The molecule has 11 heteroatoms. The van der Waals surface area contributed by atoms with Crippen LogP contribution in [0.3, 0.4) is 0 Å². The Morgan fingerprint density at radius 3 is 2.56 bits per heavy atom.